The van der Waals surface area contributed by atoms with Gasteiger partial charge in [-0.05, 0) is 18.1 Å². The topological polar surface area (TPSA) is 117 Å². The van der Waals surface area contributed by atoms with Crippen LogP contribution in [0, 0.1) is 11.7 Å². The molecule has 11 heteroatoms. The lowest BCUT2D eigenvalue weighted by Crippen LogP contribution is -2.45. The van der Waals surface area contributed by atoms with E-state index >= 15 is 0 Å². The molecule has 1 aromatic carbocycles. The third-order valence-electron chi connectivity index (χ3n) is 5.12. The Bertz CT molecular complexity index is 1290. The molecule has 0 aliphatic carbocycles. The molecule has 32 heavy (non-hydrogen) atoms. The predicted molar refractivity (Wildman–Crippen MR) is 114 cm³/mol. The number of halogens is 1. The molecule has 0 aliphatic rings. The van der Waals surface area contributed by atoms with Crippen LogP contribution in [0.15, 0.2) is 40.2 Å². The maximum Gasteiger partial charge on any atom is 0.332 e. The largest absolute Gasteiger partial charge is 0.462 e. The van der Waals surface area contributed by atoms with Gasteiger partial charge in [0.15, 0.2) is 11.2 Å². The van der Waals surface area contributed by atoms with Gasteiger partial charge in [0.2, 0.25) is 0 Å². The highest BCUT2D eigenvalue weighted by Crippen LogP contribution is 2.10. The van der Waals surface area contributed by atoms with E-state index in [1.165, 1.54) is 47.8 Å². The maximum absolute atomic E-state index is 13.9. The number of carbonyl (C=O) groups is 2. The first-order valence-corrected chi connectivity index (χ1v) is 9.96. The van der Waals surface area contributed by atoms with Gasteiger partial charge in [-0.25, -0.2) is 19.0 Å². The Morgan fingerprint density at radius 1 is 1.16 bits per heavy atom. The second-order valence-electron chi connectivity index (χ2n) is 7.66. The Hall–Kier alpha value is -3.76. The lowest BCUT2D eigenvalue weighted by molar-refractivity contribution is -0.147. The molecule has 0 saturated carbocycles. The van der Waals surface area contributed by atoms with Crippen molar-refractivity contribution in [1.29, 1.82) is 0 Å². The number of hydrogen-bond donors (Lipinski definition) is 1. The Kier molecular flexibility index (Phi) is 6.56. The SMILES string of the molecule is CC(C)C(NC(=O)c1ccccc1F)C(=O)OCCn1cnc2c1c(=O)n(C)c(=O)n2C. The molecule has 10 nitrogen and oxygen atoms in total. The zero-order valence-electron chi connectivity index (χ0n) is 18.2. The highest BCUT2D eigenvalue weighted by Gasteiger charge is 2.27. The minimum Gasteiger partial charge on any atom is -0.462 e. The van der Waals surface area contributed by atoms with Gasteiger partial charge in [0.25, 0.3) is 11.5 Å². The number of imidazole rings is 1. The smallest absolute Gasteiger partial charge is 0.332 e. The van der Waals surface area contributed by atoms with Gasteiger partial charge in [-0.3, -0.25) is 18.7 Å². The first-order valence-electron chi connectivity index (χ1n) is 9.96. The zero-order valence-corrected chi connectivity index (χ0v) is 18.2. The Labute approximate surface area is 182 Å². The van der Waals surface area contributed by atoms with Crippen LogP contribution in [0.3, 0.4) is 0 Å². The molecule has 0 radical (unpaired) electrons. The van der Waals surface area contributed by atoms with E-state index in [2.05, 4.69) is 10.3 Å². The summed E-state index contributed by atoms with van der Waals surface area (Å²) < 4.78 is 22.9. The summed E-state index contributed by atoms with van der Waals surface area (Å²) in [5.41, 5.74) is -0.744. The molecule has 0 saturated heterocycles. The van der Waals surface area contributed by atoms with E-state index in [0.717, 1.165) is 10.6 Å². The third kappa shape index (κ3) is 4.32. The molecule has 0 bridgehead atoms. The van der Waals surface area contributed by atoms with Gasteiger partial charge in [0.05, 0.1) is 18.4 Å². The number of nitrogens with zero attached hydrogens (tertiary/aromatic N) is 4. The van der Waals surface area contributed by atoms with E-state index in [9.17, 15) is 23.6 Å². The van der Waals surface area contributed by atoms with Crippen molar-refractivity contribution in [3.8, 4) is 0 Å². The molecule has 0 fully saturated rings. The van der Waals surface area contributed by atoms with Crippen LogP contribution < -0.4 is 16.6 Å². The molecule has 1 N–H and O–H groups in total. The molecule has 2 heterocycles. The monoisotopic (exact) mass is 445 g/mol. The first-order chi connectivity index (χ1) is 15.1. The van der Waals surface area contributed by atoms with Crippen molar-refractivity contribution >= 4 is 23.0 Å². The van der Waals surface area contributed by atoms with E-state index in [-0.39, 0.29) is 35.8 Å². The standard InChI is InChI=1S/C21H24FN5O5/c1-12(2)15(24-18(28)13-7-5-6-8-14(13)22)20(30)32-10-9-27-11-23-17-16(27)19(29)26(4)21(31)25(17)3/h5-8,11-12,15H,9-10H2,1-4H3,(H,24,28). The summed E-state index contributed by atoms with van der Waals surface area (Å²) >= 11 is 0. The van der Waals surface area contributed by atoms with Crippen molar-refractivity contribution in [2.24, 2.45) is 20.0 Å². The number of benzene rings is 1. The minimum atomic E-state index is -0.990. The predicted octanol–water partition coefficient (Wildman–Crippen LogP) is 0.571. The van der Waals surface area contributed by atoms with Crippen LogP contribution in [0.25, 0.3) is 11.2 Å². The highest BCUT2D eigenvalue weighted by molar-refractivity contribution is 5.97. The minimum absolute atomic E-state index is 0.102. The van der Waals surface area contributed by atoms with E-state index in [1.54, 1.807) is 13.8 Å². The van der Waals surface area contributed by atoms with E-state index in [1.807, 2.05) is 0 Å². The van der Waals surface area contributed by atoms with Gasteiger partial charge in [0, 0.05) is 14.1 Å². The summed E-state index contributed by atoms with van der Waals surface area (Å²) in [4.78, 5) is 53.5. The number of aryl methyl sites for hydroxylation is 1. The van der Waals surface area contributed by atoms with Gasteiger partial charge >= 0.3 is 11.7 Å². The zero-order chi connectivity index (χ0) is 23.6. The number of rotatable bonds is 7. The number of nitrogens with one attached hydrogen (secondary N) is 1. The summed E-state index contributed by atoms with van der Waals surface area (Å²) in [6.45, 7) is 3.46. The van der Waals surface area contributed by atoms with Crippen molar-refractivity contribution < 1.29 is 18.7 Å². The van der Waals surface area contributed by atoms with E-state index in [0.29, 0.717) is 0 Å². The van der Waals surface area contributed by atoms with Gasteiger partial charge in [-0.15, -0.1) is 0 Å². The first kappa shape index (κ1) is 22.9. The molecular weight excluding hydrogens is 421 g/mol. The second kappa shape index (κ2) is 9.16. The molecule has 0 aliphatic heterocycles. The normalized spacial score (nSPS) is 12.2. The molecule has 2 aromatic heterocycles. The van der Waals surface area contributed by atoms with Crippen LogP contribution >= 0.6 is 0 Å². The van der Waals surface area contributed by atoms with Crippen LogP contribution in [0.4, 0.5) is 4.39 Å². The van der Waals surface area contributed by atoms with E-state index < -0.39 is 35.0 Å². The highest BCUT2D eigenvalue weighted by atomic mass is 19.1. The number of amides is 1. The Morgan fingerprint density at radius 3 is 2.50 bits per heavy atom. The van der Waals surface area contributed by atoms with Crippen molar-refractivity contribution in [3.63, 3.8) is 0 Å². The average molecular weight is 445 g/mol. The fourth-order valence-electron chi connectivity index (χ4n) is 3.26. The van der Waals surface area contributed by atoms with Crippen LogP contribution in [-0.2, 0) is 30.2 Å². The van der Waals surface area contributed by atoms with Crippen LogP contribution in [0.2, 0.25) is 0 Å². The molecule has 1 amide bonds. The number of esters is 1. The number of hydrogen-bond acceptors (Lipinski definition) is 6. The van der Waals surface area contributed by atoms with Crippen LogP contribution in [-0.4, -0.2) is 43.2 Å². The Morgan fingerprint density at radius 2 is 1.84 bits per heavy atom. The van der Waals surface area contributed by atoms with Gasteiger partial charge < -0.3 is 14.6 Å². The number of carbonyl (C=O) groups excluding carboxylic acids is 2. The van der Waals surface area contributed by atoms with Crippen molar-refractivity contribution in [2.45, 2.75) is 26.4 Å². The quantitative estimate of drug-likeness (QED) is 0.532. The molecule has 1 unspecified atom stereocenters. The number of aromatic nitrogens is 4. The molecule has 3 aromatic rings. The average Bonchev–Trinajstić information content (AvgIpc) is 3.18. The number of fused-ring (bicyclic) bond motifs is 1. The second-order valence-corrected chi connectivity index (χ2v) is 7.66. The van der Waals surface area contributed by atoms with Gasteiger partial charge in [-0.2, -0.15) is 0 Å². The summed E-state index contributed by atoms with van der Waals surface area (Å²) in [5.74, 6) is -2.41. The van der Waals surface area contributed by atoms with Gasteiger partial charge in [0.1, 0.15) is 18.5 Å². The number of ether oxygens (including phenoxy) is 1. The summed E-state index contributed by atoms with van der Waals surface area (Å²) in [7, 11) is 2.87. The summed E-state index contributed by atoms with van der Waals surface area (Å²) in [6.07, 6.45) is 1.39. The third-order valence-corrected chi connectivity index (χ3v) is 5.12. The summed E-state index contributed by atoms with van der Waals surface area (Å²) in [5, 5.41) is 2.51. The molecule has 1 atom stereocenters. The fourth-order valence-corrected chi connectivity index (χ4v) is 3.26. The maximum atomic E-state index is 13.9. The van der Waals surface area contributed by atoms with Crippen molar-refractivity contribution in [3.05, 3.63) is 62.8 Å². The Balaban J connectivity index is 1.70. The molecule has 170 valence electrons. The molecule has 0 spiro atoms. The van der Waals surface area contributed by atoms with Crippen molar-refractivity contribution in [1.82, 2.24) is 24.0 Å². The lowest BCUT2D eigenvalue weighted by atomic mass is 10.0. The van der Waals surface area contributed by atoms with E-state index in [4.69, 9.17) is 4.74 Å². The van der Waals surface area contributed by atoms with Crippen LogP contribution in [0.1, 0.15) is 24.2 Å². The van der Waals surface area contributed by atoms with Crippen LogP contribution in [0.5, 0.6) is 0 Å². The molecule has 3 rings (SSSR count). The summed E-state index contributed by atoms with van der Waals surface area (Å²) in [6, 6.07) is 4.48. The molecular formula is C21H24FN5O5. The van der Waals surface area contributed by atoms with Crippen molar-refractivity contribution in [2.75, 3.05) is 6.61 Å². The lowest BCUT2D eigenvalue weighted by Gasteiger charge is -2.21. The van der Waals surface area contributed by atoms with Gasteiger partial charge in [-0.1, -0.05) is 26.0 Å². The fraction of sp³-hybridized carbons (Fsp3) is 0.381.